The van der Waals surface area contributed by atoms with Gasteiger partial charge in [0.2, 0.25) is 5.91 Å². The number of aryl methyl sites for hydroxylation is 2. The molecule has 1 aliphatic heterocycles. The normalized spacial score (nSPS) is 14.2. The molecular formula is C22H28ClN3O2. The number of nitrogens with zero attached hydrogens (tertiary/aromatic N) is 1. The van der Waals surface area contributed by atoms with E-state index in [1.807, 2.05) is 60.4 Å². The number of piperidine rings is 1. The van der Waals surface area contributed by atoms with E-state index < -0.39 is 0 Å². The van der Waals surface area contributed by atoms with E-state index in [0.29, 0.717) is 25.9 Å². The molecule has 0 radical (unpaired) electrons. The molecule has 2 aromatic rings. The number of carbonyl (C=O) groups is 2. The summed E-state index contributed by atoms with van der Waals surface area (Å²) < 4.78 is 0. The summed E-state index contributed by atoms with van der Waals surface area (Å²) in [5.41, 5.74) is 9.53. The Morgan fingerprint density at radius 3 is 2.36 bits per heavy atom. The van der Waals surface area contributed by atoms with Crippen molar-refractivity contribution in [3.05, 3.63) is 65.2 Å². The number of nitrogen functional groups attached to an aromatic ring is 1. The van der Waals surface area contributed by atoms with Gasteiger partial charge in [-0.2, -0.15) is 0 Å². The quantitative estimate of drug-likeness (QED) is 0.754. The van der Waals surface area contributed by atoms with Gasteiger partial charge in [-0.05, 0) is 49.9 Å². The Hall–Kier alpha value is -2.53. The lowest BCUT2D eigenvalue weighted by Gasteiger charge is -2.32. The van der Waals surface area contributed by atoms with Crippen LogP contribution in [0.15, 0.2) is 48.5 Å². The molecule has 5 nitrogen and oxygen atoms in total. The predicted octanol–water partition coefficient (Wildman–Crippen LogP) is 3.35. The highest BCUT2D eigenvalue weighted by atomic mass is 35.5. The molecule has 1 heterocycles. The van der Waals surface area contributed by atoms with Gasteiger partial charge in [-0.25, -0.2) is 0 Å². The predicted molar refractivity (Wildman–Crippen MR) is 115 cm³/mol. The van der Waals surface area contributed by atoms with E-state index in [0.717, 1.165) is 35.2 Å². The van der Waals surface area contributed by atoms with E-state index in [2.05, 4.69) is 5.32 Å². The number of hydrogen-bond donors (Lipinski definition) is 2. The Balaban J connectivity index is 0.00000280. The summed E-state index contributed by atoms with van der Waals surface area (Å²) >= 11 is 0. The molecule has 150 valence electrons. The molecule has 0 unspecified atom stereocenters. The third kappa shape index (κ3) is 5.73. The monoisotopic (exact) mass is 401 g/mol. The fourth-order valence-corrected chi connectivity index (χ4v) is 3.42. The molecule has 3 N–H and O–H groups in total. The molecule has 1 fully saturated rings. The van der Waals surface area contributed by atoms with Crippen LogP contribution in [0.2, 0.25) is 0 Å². The first kappa shape index (κ1) is 21.8. The first-order chi connectivity index (χ1) is 13.0. The van der Waals surface area contributed by atoms with E-state index in [1.165, 1.54) is 0 Å². The zero-order valence-electron chi connectivity index (χ0n) is 16.2. The van der Waals surface area contributed by atoms with Crippen LogP contribution in [-0.4, -0.2) is 35.8 Å². The molecule has 0 aromatic heterocycles. The summed E-state index contributed by atoms with van der Waals surface area (Å²) in [5, 5.41) is 3.10. The molecule has 1 saturated heterocycles. The zero-order chi connectivity index (χ0) is 19.2. The molecule has 2 aromatic carbocycles. The summed E-state index contributed by atoms with van der Waals surface area (Å²) in [5.74, 6) is 0.112. The number of likely N-dealkylation sites (tertiary alicyclic amines) is 1. The maximum Gasteiger partial charge on any atom is 0.253 e. The van der Waals surface area contributed by atoms with E-state index in [1.54, 1.807) is 0 Å². The smallest absolute Gasteiger partial charge is 0.253 e. The summed E-state index contributed by atoms with van der Waals surface area (Å²) in [6.07, 6.45) is 2.65. The molecule has 1 aliphatic rings. The van der Waals surface area contributed by atoms with E-state index in [4.69, 9.17) is 5.73 Å². The van der Waals surface area contributed by atoms with Crippen molar-refractivity contribution in [3.8, 4) is 0 Å². The molecule has 28 heavy (non-hydrogen) atoms. The summed E-state index contributed by atoms with van der Waals surface area (Å²) in [7, 11) is 0. The van der Waals surface area contributed by atoms with Gasteiger partial charge in [-0.15, -0.1) is 12.4 Å². The van der Waals surface area contributed by atoms with Crippen LogP contribution < -0.4 is 11.1 Å². The van der Waals surface area contributed by atoms with Gasteiger partial charge < -0.3 is 16.0 Å². The number of hydrogen-bond acceptors (Lipinski definition) is 3. The fraction of sp³-hybridized carbons (Fsp3) is 0.364. The Morgan fingerprint density at radius 1 is 1.07 bits per heavy atom. The number of halogens is 1. The summed E-state index contributed by atoms with van der Waals surface area (Å²) in [4.78, 5) is 26.7. The van der Waals surface area contributed by atoms with Crippen LogP contribution in [0.5, 0.6) is 0 Å². The highest BCUT2D eigenvalue weighted by Gasteiger charge is 2.24. The number of nitrogens with two attached hydrogens (primary N) is 1. The number of para-hydroxylation sites is 1. The standard InChI is InChI=1S/C22H27N3O2.ClH/c1-16-6-8-18(9-7-16)22(27)25-14-12-19(13-15-25)24-21(26)11-10-17-4-2-3-5-20(17)23;/h2-9,19H,10-15,23H2,1H3,(H,24,26);1H. The van der Waals surface area contributed by atoms with Crippen molar-refractivity contribution in [2.75, 3.05) is 18.8 Å². The molecule has 2 amide bonds. The lowest BCUT2D eigenvalue weighted by atomic mass is 10.0. The van der Waals surface area contributed by atoms with Crippen molar-refractivity contribution in [2.45, 2.75) is 38.6 Å². The Kier molecular flexibility index (Phi) is 7.88. The largest absolute Gasteiger partial charge is 0.399 e. The van der Waals surface area contributed by atoms with E-state index >= 15 is 0 Å². The van der Waals surface area contributed by atoms with Gasteiger partial charge in [0.05, 0.1) is 0 Å². The second-order valence-corrected chi connectivity index (χ2v) is 7.20. The number of rotatable bonds is 5. The second-order valence-electron chi connectivity index (χ2n) is 7.20. The SMILES string of the molecule is Cc1ccc(C(=O)N2CCC(NC(=O)CCc3ccccc3N)CC2)cc1.Cl. The Bertz CT molecular complexity index is 800. The number of anilines is 1. The number of nitrogens with one attached hydrogen (secondary N) is 1. The van der Waals surface area contributed by atoms with Crippen LogP contribution in [-0.2, 0) is 11.2 Å². The van der Waals surface area contributed by atoms with Crippen LogP contribution >= 0.6 is 12.4 Å². The van der Waals surface area contributed by atoms with Gasteiger partial charge in [-0.1, -0.05) is 35.9 Å². The van der Waals surface area contributed by atoms with Crippen molar-refractivity contribution in [3.63, 3.8) is 0 Å². The number of carbonyl (C=O) groups excluding carboxylic acids is 2. The zero-order valence-corrected chi connectivity index (χ0v) is 17.0. The Labute approximate surface area is 172 Å². The van der Waals surface area contributed by atoms with Gasteiger partial charge in [0.15, 0.2) is 0 Å². The summed E-state index contributed by atoms with van der Waals surface area (Å²) in [6, 6.07) is 15.4. The molecule has 0 aliphatic carbocycles. The molecule has 3 rings (SSSR count). The maximum absolute atomic E-state index is 12.6. The van der Waals surface area contributed by atoms with Gasteiger partial charge in [0.1, 0.15) is 0 Å². The van der Waals surface area contributed by atoms with Gasteiger partial charge in [-0.3, -0.25) is 9.59 Å². The van der Waals surface area contributed by atoms with Crippen LogP contribution in [0.25, 0.3) is 0 Å². The molecule has 0 bridgehead atoms. The third-order valence-electron chi connectivity index (χ3n) is 5.12. The summed E-state index contributed by atoms with van der Waals surface area (Å²) in [6.45, 7) is 3.35. The van der Waals surface area contributed by atoms with Crippen LogP contribution in [0.1, 0.15) is 40.7 Å². The van der Waals surface area contributed by atoms with E-state index in [-0.39, 0.29) is 30.3 Å². The second kappa shape index (κ2) is 10.1. The average Bonchev–Trinajstić information content (AvgIpc) is 2.68. The van der Waals surface area contributed by atoms with Crippen LogP contribution in [0.4, 0.5) is 5.69 Å². The molecule has 0 atom stereocenters. The van der Waals surface area contributed by atoms with Crippen molar-refractivity contribution >= 4 is 29.9 Å². The lowest BCUT2D eigenvalue weighted by molar-refractivity contribution is -0.122. The fourth-order valence-electron chi connectivity index (χ4n) is 3.42. The van der Waals surface area contributed by atoms with Crippen LogP contribution in [0.3, 0.4) is 0 Å². The first-order valence-corrected chi connectivity index (χ1v) is 9.51. The topological polar surface area (TPSA) is 75.4 Å². The van der Waals surface area contributed by atoms with Crippen molar-refractivity contribution in [1.82, 2.24) is 10.2 Å². The van der Waals surface area contributed by atoms with Crippen LogP contribution in [0, 0.1) is 6.92 Å². The highest BCUT2D eigenvalue weighted by molar-refractivity contribution is 5.94. The minimum Gasteiger partial charge on any atom is -0.399 e. The molecule has 0 saturated carbocycles. The number of amides is 2. The molecule has 6 heteroatoms. The first-order valence-electron chi connectivity index (χ1n) is 9.51. The number of benzene rings is 2. The minimum atomic E-state index is 0. The highest BCUT2D eigenvalue weighted by Crippen LogP contribution is 2.16. The molecular weight excluding hydrogens is 374 g/mol. The third-order valence-corrected chi connectivity index (χ3v) is 5.12. The van der Waals surface area contributed by atoms with Gasteiger partial charge >= 0.3 is 0 Å². The lowest BCUT2D eigenvalue weighted by Crippen LogP contribution is -2.46. The molecule has 0 spiro atoms. The average molecular weight is 402 g/mol. The minimum absolute atomic E-state index is 0. The van der Waals surface area contributed by atoms with Crippen molar-refractivity contribution < 1.29 is 9.59 Å². The van der Waals surface area contributed by atoms with E-state index in [9.17, 15) is 9.59 Å². The van der Waals surface area contributed by atoms with Crippen molar-refractivity contribution in [2.24, 2.45) is 0 Å². The van der Waals surface area contributed by atoms with Gasteiger partial charge in [0.25, 0.3) is 5.91 Å². The van der Waals surface area contributed by atoms with Gasteiger partial charge in [0, 0.05) is 36.8 Å². The Morgan fingerprint density at radius 2 is 1.71 bits per heavy atom. The maximum atomic E-state index is 12.6. The van der Waals surface area contributed by atoms with Crippen molar-refractivity contribution in [1.29, 1.82) is 0 Å².